The second-order valence-corrected chi connectivity index (χ2v) is 7.46. The molecular formula is C17H20N2O3S. The summed E-state index contributed by atoms with van der Waals surface area (Å²) >= 11 is 1.59. The summed E-state index contributed by atoms with van der Waals surface area (Å²) in [4.78, 5) is 18.6. The van der Waals surface area contributed by atoms with Crippen LogP contribution in [0.1, 0.15) is 33.3 Å². The molecule has 1 aromatic carbocycles. The van der Waals surface area contributed by atoms with Gasteiger partial charge >= 0.3 is 6.09 Å². The van der Waals surface area contributed by atoms with Gasteiger partial charge in [0.05, 0.1) is 27.5 Å². The number of nitrogens with zero attached hydrogens (tertiary/aromatic N) is 2. The molecule has 1 aromatic heterocycles. The monoisotopic (exact) mass is 332 g/mol. The number of aromatic nitrogens is 1. The molecule has 1 unspecified atom stereocenters. The van der Waals surface area contributed by atoms with Crippen LogP contribution in [0.4, 0.5) is 4.79 Å². The Balaban J connectivity index is 1.97. The van der Waals surface area contributed by atoms with E-state index in [4.69, 9.17) is 9.47 Å². The number of benzene rings is 1. The standard InChI is InChI=1S/C17H20N2O3S/c1-11-8-21-9-14(19(11)16(20)22-17(2,3)4)12-5-6-15-13(7-12)18-10-23-15/h5-7,9-11H,8H2,1-4H3. The molecule has 0 bridgehead atoms. The quantitative estimate of drug-likeness (QED) is 0.783. The van der Waals surface area contributed by atoms with Gasteiger partial charge in [-0.05, 0) is 39.8 Å². The number of hydrogen-bond acceptors (Lipinski definition) is 5. The van der Waals surface area contributed by atoms with Gasteiger partial charge in [0.1, 0.15) is 18.5 Å². The maximum atomic E-state index is 12.6. The highest BCUT2D eigenvalue weighted by molar-refractivity contribution is 7.16. The van der Waals surface area contributed by atoms with E-state index in [9.17, 15) is 4.79 Å². The molecule has 1 aliphatic rings. The van der Waals surface area contributed by atoms with E-state index in [0.29, 0.717) is 12.3 Å². The molecule has 23 heavy (non-hydrogen) atoms. The smallest absolute Gasteiger partial charge is 0.415 e. The minimum Gasteiger partial charge on any atom is -0.497 e. The predicted octanol–water partition coefficient (Wildman–Crippen LogP) is 4.25. The zero-order chi connectivity index (χ0) is 16.6. The Morgan fingerprint density at radius 2 is 2.22 bits per heavy atom. The molecule has 1 atom stereocenters. The van der Waals surface area contributed by atoms with Crippen LogP contribution in [-0.2, 0) is 9.47 Å². The number of ether oxygens (including phenoxy) is 2. The molecule has 0 fully saturated rings. The van der Waals surface area contributed by atoms with Crippen LogP contribution in [0.2, 0.25) is 0 Å². The molecule has 3 rings (SSSR count). The fourth-order valence-electron chi connectivity index (χ4n) is 2.45. The average molecular weight is 332 g/mol. The van der Waals surface area contributed by atoms with E-state index in [2.05, 4.69) is 4.98 Å². The van der Waals surface area contributed by atoms with Crippen molar-refractivity contribution in [2.24, 2.45) is 0 Å². The minimum absolute atomic E-state index is 0.101. The molecule has 1 aliphatic heterocycles. The molecule has 2 heterocycles. The third-order valence-corrected chi connectivity index (χ3v) is 4.26. The highest BCUT2D eigenvalue weighted by Crippen LogP contribution is 2.30. The largest absolute Gasteiger partial charge is 0.497 e. The van der Waals surface area contributed by atoms with Crippen molar-refractivity contribution >= 4 is 33.3 Å². The lowest BCUT2D eigenvalue weighted by Gasteiger charge is -2.35. The third kappa shape index (κ3) is 3.32. The van der Waals surface area contributed by atoms with Crippen LogP contribution in [-0.4, -0.2) is 34.2 Å². The van der Waals surface area contributed by atoms with Crippen LogP contribution in [0.5, 0.6) is 0 Å². The first-order valence-electron chi connectivity index (χ1n) is 7.53. The van der Waals surface area contributed by atoms with Crippen molar-refractivity contribution in [1.29, 1.82) is 0 Å². The lowest BCUT2D eigenvalue weighted by Crippen LogP contribution is -2.44. The van der Waals surface area contributed by atoms with Crippen LogP contribution < -0.4 is 0 Å². The van der Waals surface area contributed by atoms with E-state index in [1.807, 2.05) is 51.4 Å². The summed E-state index contributed by atoms with van der Waals surface area (Å²) in [6.07, 6.45) is 1.26. The second kappa shape index (κ2) is 5.85. The maximum absolute atomic E-state index is 12.6. The number of fused-ring (bicyclic) bond motifs is 1. The van der Waals surface area contributed by atoms with E-state index >= 15 is 0 Å². The molecular weight excluding hydrogens is 312 g/mol. The molecule has 1 amide bonds. The van der Waals surface area contributed by atoms with Crippen LogP contribution in [0, 0.1) is 0 Å². The number of thiazole rings is 1. The lowest BCUT2D eigenvalue weighted by molar-refractivity contribution is 0.0204. The van der Waals surface area contributed by atoms with Gasteiger partial charge in [0.15, 0.2) is 0 Å². The first kappa shape index (κ1) is 15.8. The summed E-state index contributed by atoms with van der Waals surface area (Å²) in [5, 5.41) is 0. The zero-order valence-electron chi connectivity index (χ0n) is 13.7. The van der Waals surface area contributed by atoms with E-state index in [1.54, 1.807) is 22.5 Å². The minimum atomic E-state index is -0.543. The Bertz CT molecular complexity index is 761. The molecule has 6 heteroatoms. The van der Waals surface area contributed by atoms with Crippen LogP contribution in [0.25, 0.3) is 15.9 Å². The van der Waals surface area contributed by atoms with E-state index in [-0.39, 0.29) is 12.1 Å². The Hall–Kier alpha value is -2.08. The van der Waals surface area contributed by atoms with Crippen LogP contribution in [0.15, 0.2) is 30.0 Å². The second-order valence-electron chi connectivity index (χ2n) is 6.57. The fourth-order valence-corrected chi connectivity index (χ4v) is 3.11. The Labute approximate surface area is 139 Å². The number of amides is 1. The van der Waals surface area contributed by atoms with Gasteiger partial charge in [0, 0.05) is 5.56 Å². The van der Waals surface area contributed by atoms with E-state index < -0.39 is 5.60 Å². The molecule has 5 nitrogen and oxygen atoms in total. The van der Waals surface area contributed by atoms with Crippen molar-refractivity contribution in [2.75, 3.05) is 6.61 Å². The van der Waals surface area contributed by atoms with Gasteiger partial charge < -0.3 is 9.47 Å². The van der Waals surface area contributed by atoms with Crippen molar-refractivity contribution in [1.82, 2.24) is 9.88 Å². The molecule has 0 spiro atoms. The van der Waals surface area contributed by atoms with Crippen molar-refractivity contribution in [3.63, 3.8) is 0 Å². The van der Waals surface area contributed by atoms with Gasteiger partial charge in [0.2, 0.25) is 0 Å². The molecule has 2 aromatic rings. The SMILES string of the molecule is CC1COC=C(c2ccc3scnc3c2)N1C(=O)OC(C)(C)C. The normalized spacial score (nSPS) is 18.5. The van der Waals surface area contributed by atoms with Gasteiger partial charge in [0.25, 0.3) is 0 Å². The van der Waals surface area contributed by atoms with Crippen LogP contribution >= 0.6 is 11.3 Å². The topological polar surface area (TPSA) is 51.7 Å². The predicted molar refractivity (Wildman–Crippen MR) is 91.1 cm³/mol. The maximum Gasteiger partial charge on any atom is 0.415 e. The molecule has 0 aliphatic carbocycles. The molecule has 0 N–H and O–H groups in total. The molecule has 0 radical (unpaired) electrons. The van der Waals surface area contributed by atoms with Crippen molar-refractivity contribution in [3.05, 3.63) is 35.5 Å². The highest BCUT2D eigenvalue weighted by atomic mass is 32.1. The van der Waals surface area contributed by atoms with Crippen molar-refractivity contribution in [3.8, 4) is 0 Å². The zero-order valence-corrected chi connectivity index (χ0v) is 14.5. The molecule has 122 valence electrons. The number of rotatable bonds is 1. The Kier molecular flexibility index (Phi) is 4.02. The summed E-state index contributed by atoms with van der Waals surface area (Å²) in [7, 11) is 0. The fraction of sp³-hybridized carbons (Fsp3) is 0.412. The number of hydrogen-bond donors (Lipinski definition) is 0. The third-order valence-electron chi connectivity index (χ3n) is 3.45. The summed E-state index contributed by atoms with van der Waals surface area (Å²) < 4.78 is 12.2. The number of carbonyl (C=O) groups excluding carboxylic acids is 1. The molecule has 0 saturated carbocycles. The summed E-state index contributed by atoms with van der Waals surface area (Å²) in [5.74, 6) is 0. The van der Waals surface area contributed by atoms with Gasteiger partial charge in [-0.2, -0.15) is 0 Å². The Morgan fingerprint density at radius 1 is 1.43 bits per heavy atom. The van der Waals surface area contributed by atoms with Gasteiger partial charge in [-0.3, -0.25) is 4.90 Å². The lowest BCUT2D eigenvalue weighted by atomic mass is 10.1. The van der Waals surface area contributed by atoms with Gasteiger partial charge in [-0.25, -0.2) is 9.78 Å². The summed E-state index contributed by atoms with van der Waals surface area (Å²) in [5.41, 5.74) is 3.78. The van der Waals surface area contributed by atoms with Gasteiger partial charge in [-0.1, -0.05) is 6.07 Å². The number of carbonyl (C=O) groups is 1. The van der Waals surface area contributed by atoms with E-state index in [0.717, 1.165) is 15.8 Å². The van der Waals surface area contributed by atoms with Crippen molar-refractivity contribution in [2.45, 2.75) is 39.3 Å². The van der Waals surface area contributed by atoms with Gasteiger partial charge in [-0.15, -0.1) is 11.3 Å². The summed E-state index contributed by atoms with van der Waals surface area (Å²) in [6, 6.07) is 5.85. The first-order valence-corrected chi connectivity index (χ1v) is 8.41. The van der Waals surface area contributed by atoms with E-state index in [1.165, 1.54) is 0 Å². The average Bonchev–Trinajstić information content (AvgIpc) is 2.92. The van der Waals surface area contributed by atoms with Crippen LogP contribution in [0.3, 0.4) is 0 Å². The molecule has 0 saturated heterocycles. The van der Waals surface area contributed by atoms with Crippen molar-refractivity contribution < 1.29 is 14.3 Å². The Morgan fingerprint density at radius 3 is 2.96 bits per heavy atom. The first-order chi connectivity index (χ1) is 10.8. The summed E-state index contributed by atoms with van der Waals surface area (Å²) in [6.45, 7) is 7.97. The highest BCUT2D eigenvalue weighted by Gasteiger charge is 2.32.